The molecule has 1 saturated carbocycles. The number of amides is 4. The lowest BCUT2D eigenvalue weighted by Gasteiger charge is -2.26. The number of rotatable bonds is 29. The summed E-state index contributed by atoms with van der Waals surface area (Å²) in [5.41, 5.74) is 10.3. The lowest BCUT2D eigenvalue weighted by Crippen LogP contribution is -2.34. The highest BCUT2D eigenvalue weighted by Gasteiger charge is 2.44. The molecule has 7 N–H and O–H groups in total. The zero-order chi connectivity index (χ0) is 80.7. The molecule has 6 atom stereocenters. The predicted molar refractivity (Wildman–Crippen MR) is 429 cm³/mol. The van der Waals surface area contributed by atoms with Crippen LogP contribution in [0, 0.1) is 0 Å². The number of carbonyl (C=O) groups is 8. The summed E-state index contributed by atoms with van der Waals surface area (Å²) in [4.78, 5) is 117. The van der Waals surface area contributed by atoms with Gasteiger partial charge in [0.25, 0.3) is 5.19 Å². The van der Waals surface area contributed by atoms with E-state index in [1.807, 2.05) is 154 Å². The Bertz CT molecular complexity index is 5070. The zero-order valence-electron chi connectivity index (χ0n) is 62.6. The number of nitrogens with zero attached hydrogens (tertiary/aromatic N) is 8. The summed E-state index contributed by atoms with van der Waals surface area (Å²) in [6, 6.07) is 49.2. The van der Waals surface area contributed by atoms with Gasteiger partial charge in [-0.05, 0) is 158 Å². The summed E-state index contributed by atoms with van der Waals surface area (Å²) >= 11 is 3.68. The molecule has 8 heterocycles. The molecule has 6 aliphatic rings. The van der Waals surface area contributed by atoms with Crippen LogP contribution in [0.25, 0.3) is 11.1 Å². The molecule has 115 heavy (non-hydrogen) atoms. The average molecular weight is 1620 g/mol. The van der Waals surface area contributed by atoms with Crippen LogP contribution in [-0.2, 0) is 37.4 Å². The minimum Gasteiger partial charge on any atom is -0.477 e. The molecule has 0 spiro atoms. The van der Waals surface area contributed by atoms with E-state index >= 15 is 0 Å². The van der Waals surface area contributed by atoms with E-state index in [1.54, 1.807) is 4.90 Å². The SMILES string of the molecule is O=C(O)c1cnc(CCC[C@H]2CCC(=O)N2c2ccc(-c3ccccc3)cc2)o1.O=C(O)c1cnc(OCC[C@H]2CCC(=O)N2c2ccc(C3(CO)CC3)cc2)s1.O=C(O)c1cnc(OCC[C@H]2CCC(=O)N2c2ccc3c(c2)CCC3O)o1.O=C(O)c1cnc(SCC[C@H]2CCC(=O)N2c2cccc(C(O)c3ccccc3)c2)s1. The molecule has 27 nitrogen and oxygen atoms in total. The molecule has 2 aliphatic carbocycles. The van der Waals surface area contributed by atoms with Crippen molar-refractivity contribution in [2.24, 2.45) is 0 Å². The van der Waals surface area contributed by atoms with E-state index in [1.165, 1.54) is 41.7 Å². The van der Waals surface area contributed by atoms with Gasteiger partial charge in [0.05, 0.1) is 50.7 Å². The Morgan fingerprint density at radius 1 is 0.513 bits per heavy atom. The van der Waals surface area contributed by atoms with E-state index in [4.69, 9.17) is 38.7 Å². The number of aromatic carboxylic acids is 4. The number of carboxylic acid groups (broad SMARTS) is 4. The second-order valence-electron chi connectivity index (χ2n) is 28.7. The Morgan fingerprint density at radius 2 is 1.03 bits per heavy atom. The minimum absolute atomic E-state index is 0.00390. The first-order chi connectivity index (χ1) is 55.7. The fourth-order valence-corrected chi connectivity index (χ4v) is 17.7. The highest BCUT2D eigenvalue weighted by Crippen LogP contribution is 2.48. The van der Waals surface area contributed by atoms with Gasteiger partial charge in [-0.1, -0.05) is 126 Å². The van der Waals surface area contributed by atoms with E-state index in [2.05, 4.69) is 32.1 Å². The standard InChI is InChI=1S/C23H22N2O4S2.C23H22N2O4.C20H22N2O5S.C19H20N2O6/c26-20-10-9-17(11-12-30-23-24-14-19(31-23)22(28)29)25(20)18-8-4-7-16(13-18)21(27)15-5-2-1-3-6-15;26-22-14-13-18(7-4-8-21-24-15-20(29-21)23(27)28)25(22)19-11-9-17(10-12-19)16-5-2-1-3-6-16;23-12-20(8-9-20)13-1-3-14(4-2-13)22-15(5-6-17(22)24)7-10-27-19-21-11-16(28-19)18(25)26;22-15-5-1-11-9-13(2-4-14(11)15)21-12(3-6-17(21)23)7-8-26-19-20-10-16(27-19)18(24)25/h1-8,13-14,17,21,27H,9-12H2,(H,28,29);1-3,5-6,9-12,15,18H,4,7-8,13-14H2,(H,27,28);1-4,11,15,23H,5-10,12H2,(H,25,26);2,4,9-10,12,15,22H,1,3,5-8H2,(H,24,25)/t17-,21?;18-;15-;12-,15?/m1011/s1. The average Bonchev–Trinajstić information content (AvgIpc) is 1.62. The number of aliphatic hydroxyl groups excluding tert-OH is 3. The van der Waals surface area contributed by atoms with E-state index in [0.29, 0.717) is 62.6 Å². The molecule has 4 amide bonds. The van der Waals surface area contributed by atoms with Gasteiger partial charge in [0, 0.05) is 103 Å². The van der Waals surface area contributed by atoms with Crippen molar-refractivity contribution in [2.75, 3.05) is 45.2 Å². The smallest absolute Gasteiger partial charge is 0.394 e. The number of benzene rings is 6. The number of ether oxygens (including phenoxy) is 2. The Balaban J connectivity index is 0.000000134. The van der Waals surface area contributed by atoms with Crippen LogP contribution < -0.4 is 29.1 Å². The quantitative estimate of drug-likeness (QED) is 0.0214. The number of carboxylic acids is 4. The number of aromatic nitrogens is 4. The van der Waals surface area contributed by atoms with Crippen molar-refractivity contribution < 1.29 is 92.4 Å². The largest absolute Gasteiger partial charge is 0.477 e. The number of oxazole rings is 2. The first-order valence-corrected chi connectivity index (χ1v) is 40.7. The van der Waals surface area contributed by atoms with Crippen molar-refractivity contribution in [1.82, 2.24) is 19.9 Å². The molecule has 4 aliphatic heterocycles. The van der Waals surface area contributed by atoms with Crippen molar-refractivity contribution in [2.45, 2.75) is 162 Å². The third-order valence-electron chi connectivity index (χ3n) is 21.3. The fraction of sp³-hybridized carbons (Fsp3) is 0.341. The summed E-state index contributed by atoms with van der Waals surface area (Å²) in [7, 11) is 0. The van der Waals surface area contributed by atoms with Gasteiger partial charge in [0.1, 0.15) is 15.9 Å². The van der Waals surface area contributed by atoms with Crippen LogP contribution in [-0.4, -0.2) is 153 Å². The normalized spacial score (nSPS) is 18.8. The zero-order valence-corrected chi connectivity index (χ0v) is 65.0. The molecule has 2 unspecified atom stereocenters. The third kappa shape index (κ3) is 20.2. The van der Waals surface area contributed by atoms with E-state index in [9.17, 15) is 53.7 Å². The van der Waals surface area contributed by atoms with Gasteiger partial charge in [0.15, 0.2) is 10.2 Å². The number of hydrogen-bond donors (Lipinski definition) is 7. The summed E-state index contributed by atoms with van der Waals surface area (Å²) in [6.07, 6.45) is 16.6. The van der Waals surface area contributed by atoms with Crippen LogP contribution in [0.2, 0.25) is 0 Å². The Kier molecular flexibility index (Phi) is 26.7. The molecule has 30 heteroatoms. The van der Waals surface area contributed by atoms with Crippen molar-refractivity contribution in [3.63, 3.8) is 0 Å². The molecule has 0 bridgehead atoms. The number of hydrogen-bond acceptors (Lipinski definition) is 22. The van der Waals surface area contributed by atoms with Crippen molar-refractivity contribution in [3.05, 3.63) is 231 Å². The Morgan fingerprint density at radius 3 is 1.61 bits per heavy atom. The maximum atomic E-state index is 12.6. The minimum atomic E-state index is -1.20. The van der Waals surface area contributed by atoms with Crippen molar-refractivity contribution in [1.29, 1.82) is 0 Å². The maximum Gasteiger partial charge on any atom is 0.394 e. The van der Waals surface area contributed by atoms with Gasteiger partial charge in [-0.25, -0.2) is 34.1 Å². The highest BCUT2D eigenvalue weighted by atomic mass is 32.2. The van der Waals surface area contributed by atoms with Crippen LogP contribution in [0.3, 0.4) is 0 Å². The molecule has 0 radical (unpaired) electrons. The lowest BCUT2D eigenvalue weighted by atomic mass is 9.96. The summed E-state index contributed by atoms with van der Waals surface area (Å²) in [5.74, 6) is -3.15. The van der Waals surface area contributed by atoms with Gasteiger partial charge < -0.3 is 73.7 Å². The van der Waals surface area contributed by atoms with Gasteiger partial charge in [-0.2, -0.15) is 4.98 Å². The highest BCUT2D eigenvalue weighted by molar-refractivity contribution is 8.01. The number of carbonyl (C=O) groups excluding carboxylic acids is 4. The molecule has 598 valence electrons. The van der Waals surface area contributed by atoms with Crippen LogP contribution >= 0.6 is 34.4 Å². The number of thiazole rings is 2. The number of aliphatic hydroxyl groups is 3. The van der Waals surface area contributed by atoms with Crippen LogP contribution in [0.1, 0.15) is 189 Å². The molecule has 5 fully saturated rings. The second-order valence-corrected chi connectivity index (χ2v) is 32.0. The van der Waals surface area contributed by atoms with E-state index in [0.717, 1.165) is 160 Å². The maximum absolute atomic E-state index is 12.6. The number of fused-ring (bicyclic) bond motifs is 1. The number of aryl methyl sites for hydroxylation is 2. The first-order valence-electron chi connectivity index (χ1n) is 38.1. The number of anilines is 4. The number of thioether (sulfide) groups is 1. The molecule has 4 saturated heterocycles. The van der Waals surface area contributed by atoms with Gasteiger partial charge in [-0.15, -0.1) is 11.3 Å². The third-order valence-corrected chi connectivity index (χ3v) is 24.4. The summed E-state index contributed by atoms with van der Waals surface area (Å²) < 4.78 is 21.9. The summed E-state index contributed by atoms with van der Waals surface area (Å²) in [6.45, 7) is 0.791. The fourth-order valence-electron chi connectivity index (χ4n) is 15.1. The van der Waals surface area contributed by atoms with Crippen LogP contribution in [0.4, 0.5) is 22.7 Å². The molecule has 16 rings (SSSR count). The first kappa shape index (κ1) is 81.6. The van der Waals surface area contributed by atoms with Crippen molar-refractivity contribution in [3.8, 4) is 22.4 Å². The van der Waals surface area contributed by atoms with E-state index in [-0.39, 0.29) is 93.8 Å². The lowest BCUT2D eigenvalue weighted by molar-refractivity contribution is -0.118. The summed E-state index contributed by atoms with van der Waals surface area (Å²) in [5, 5.41) is 66.3. The van der Waals surface area contributed by atoms with Gasteiger partial charge in [0.2, 0.25) is 35.1 Å². The topological polar surface area (TPSA) is 387 Å². The predicted octanol–water partition coefficient (Wildman–Crippen LogP) is 14.3. The van der Waals surface area contributed by atoms with Crippen LogP contribution in [0.5, 0.6) is 11.3 Å². The molecule has 4 aromatic heterocycles. The molecule has 6 aromatic carbocycles. The van der Waals surface area contributed by atoms with Gasteiger partial charge >= 0.3 is 30.0 Å². The Labute approximate surface area is 673 Å². The molecule has 10 aromatic rings. The molecular formula is C85H86N8O19S3. The second kappa shape index (κ2) is 37.7. The Hall–Kier alpha value is -11.4. The monoisotopic (exact) mass is 1620 g/mol. The van der Waals surface area contributed by atoms with Crippen LogP contribution in [0.15, 0.2) is 190 Å². The van der Waals surface area contributed by atoms with Crippen molar-refractivity contribution >= 4 is 105 Å². The van der Waals surface area contributed by atoms with E-state index < -0.39 is 36.1 Å². The molecular weight excluding hydrogens is 1530 g/mol. The van der Waals surface area contributed by atoms with Gasteiger partial charge in [-0.3, -0.25) is 19.2 Å².